The Morgan fingerprint density at radius 3 is 2.12 bits per heavy atom. The highest BCUT2D eigenvalue weighted by molar-refractivity contribution is 5.83. The van der Waals surface area contributed by atoms with Crippen LogP contribution in [0.15, 0.2) is 4.42 Å². The van der Waals surface area contributed by atoms with E-state index in [0.29, 0.717) is 17.7 Å². The molecule has 5 nitrogen and oxygen atoms in total. The van der Waals surface area contributed by atoms with Crippen LogP contribution in [0.3, 0.4) is 0 Å². The van der Waals surface area contributed by atoms with Crippen LogP contribution in [0.4, 0.5) is 0 Å². The van der Waals surface area contributed by atoms with Crippen molar-refractivity contribution in [1.29, 1.82) is 0 Å². The Hall–Kier alpha value is -1.39. The quantitative estimate of drug-likeness (QED) is 0.835. The number of aromatic nitrogens is 2. The molecule has 1 aromatic rings. The van der Waals surface area contributed by atoms with Gasteiger partial charge in [0.25, 0.3) is 0 Å². The normalized spacial score (nSPS) is 38.7. The fraction of sp³-hybridized carbons (Fsp3) is 0.842. The second-order valence-corrected chi connectivity index (χ2v) is 8.92. The number of likely N-dealkylation sites (tertiary alicyclic amines) is 1. The molecule has 0 atom stereocenters. The van der Waals surface area contributed by atoms with E-state index in [1.54, 1.807) is 0 Å². The number of rotatable bonds is 2. The van der Waals surface area contributed by atoms with E-state index in [-0.39, 0.29) is 5.41 Å². The van der Waals surface area contributed by atoms with Gasteiger partial charge < -0.3 is 9.32 Å². The Kier molecular flexibility index (Phi) is 3.29. The Morgan fingerprint density at radius 1 is 1.04 bits per heavy atom. The first kappa shape index (κ1) is 14.9. The maximum Gasteiger partial charge on any atom is 0.228 e. The lowest BCUT2D eigenvalue weighted by atomic mass is 9.49. The fourth-order valence-electron chi connectivity index (χ4n) is 6.51. The number of amides is 1. The molecule has 0 spiro atoms. The minimum Gasteiger partial charge on any atom is -0.425 e. The molecular weight excluding hydrogens is 302 g/mol. The van der Waals surface area contributed by atoms with Crippen molar-refractivity contribution in [2.75, 3.05) is 13.1 Å². The van der Waals surface area contributed by atoms with Crippen LogP contribution in [0, 0.1) is 30.1 Å². The fourth-order valence-corrected chi connectivity index (χ4v) is 6.51. The van der Waals surface area contributed by atoms with Crippen LogP contribution in [0.25, 0.3) is 0 Å². The molecule has 5 fully saturated rings. The van der Waals surface area contributed by atoms with E-state index in [1.165, 1.54) is 38.5 Å². The standard InChI is InChI=1S/C19H27N3O2/c1-12-20-21-17(24-12)16-2-4-22(5-3-16)18(23)19-9-13-6-14(10-19)8-15(7-13)11-19/h13-16H,2-11H2,1H3. The van der Waals surface area contributed by atoms with Gasteiger partial charge in [0.2, 0.25) is 17.7 Å². The molecule has 0 aromatic carbocycles. The molecule has 1 aromatic heterocycles. The maximum absolute atomic E-state index is 13.4. The van der Waals surface area contributed by atoms with Gasteiger partial charge in [-0.15, -0.1) is 10.2 Å². The molecule has 4 aliphatic carbocycles. The van der Waals surface area contributed by atoms with E-state index in [4.69, 9.17) is 4.42 Å². The van der Waals surface area contributed by atoms with Crippen molar-refractivity contribution in [3.05, 3.63) is 11.8 Å². The molecule has 2 heterocycles. The summed E-state index contributed by atoms with van der Waals surface area (Å²) in [7, 11) is 0. The smallest absolute Gasteiger partial charge is 0.228 e. The summed E-state index contributed by atoms with van der Waals surface area (Å²) >= 11 is 0. The summed E-state index contributed by atoms with van der Waals surface area (Å²) in [4.78, 5) is 15.5. The van der Waals surface area contributed by atoms with Crippen LogP contribution in [0.2, 0.25) is 0 Å². The predicted molar refractivity (Wildman–Crippen MR) is 88.2 cm³/mol. The average Bonchev–Trinajstić information content (AvgIpc) is 3.00. The molecule has 1 aliphatic heterocycles. The molecule has 0 unspecified atom stereocenters. The van der Waals surface area contributed by atoms with E-state index in [1.807, 2.05) is 6.92 Å². The van der Waals surface area contributed by atoms with Gasteiger partial charge in [0, 0.05) is 25.9 Å². The SMILES string of the molecule is Cc1nnc(C2CCN(C(=O)C34CC5CC(CC(C5)C3)C4)CC2)o1. The second kappa shape index (κ2) is 5.30. The molecule has 0 radical (unpaired) electrons. The number of carbonyl (C=O) groups is 1. The number of hydrogen-bond acceptors (Lipinski definition) is 4. The van der Waals surface area contributed by atoms with Crippen LogP contribution >= 0.6 is 0 Å². The average molecular weight is 329 g/mol. The highest BCUT2D eigenvalue weighted by Gasteiger charge is 2.55. The number of piperidine rings is 1. The summed E-state index contributed by atoms with van der Waals surface area (Å²) in [6.07, 6.45) is 9.60. The van der Waals surface area contributed by atoms with Crippen LogP contribution in [0.1, 0.15) is 69.1 Å². The molecule has 1 amide bonds. The zero-order valence-corrected chi connectivity index (χ0v) is 14.5. The number of nitrogens with zero attached hydrogens (tertiary/aromatic N) is 3. The zero-order chi connectivity index (χ0) is 16.3. The summed E-state index contributed by atoms with van der Waals surface area (Å²) in [5.41, 5.74) is 0.00264. The lowest BCUT2D eigenvalue weighted by Crippen LogP contribution is -2.55. The third-order valence-electron chi connectivity index (χ3n) is 7.16. The summed E-state index contributed by atoms with van der Waals surface area (Å²) in [6.45, 7) is 3.54. The topological polar surface area (TPSA) is 59.2 Å². The van der Waals surface area contributed by atoms with Crippen molar-refractivity contribution in [2.45, 2.75) is 64.2 Å². The van der Waals surface area contributed by atoms with Gasteiger partial charge in [-0.3, -0.25) is 4.79 Å². The molecule has 5 heteroatoms. The Morgan fingerprint density at radius 2 is 1.62 bits per heavy atom. The number of aryl methyl sites for hydroxylation is 1. The molecule has 5 aliphatic rings. The Balaban J connectivity index is 1.27. The van der Waals surface area contributed by atoms with E-state index < -0.39 is 0 Å². The van der Waals surface area contributed by atoms with Gasteiger partial charge in [-0.05, 0) is 69.1 Å². The molecule has 1 saturated heterocycles. The summed E-state index contributed by atoms with van der Waals surface area (Å²) in [6, 6.07) is 0. The lowest BCUT2D eigenvalue weighted by Gasteiger charge is -2.57. The van der Waals surface area contributed by atoms with Crippen molar-refractivity contribution in [1.82, 2.24) is 15.1 Å². The molecule has 24 heavy (non-hydrogen) atoms. The molecule has 0 N–H and O–H groups in total. The summed E-state index contributed by atoms with van der Waals surface area (Å²) in [5.74, 6) is 4.69. The van der Waals surface area contributed by atoms with E-state index in [0.717, 1.165) is 49.6 Å². The largest absolute Gasteiger partial charge is 0.425 e. The van der Waals surface area contributed by atoms with Gasteiger partial charge in [-0.1, -0.05) is 0 Å². The van der Waals surface area contributed by atoms with Gasteiger partial charge in [0.1, 0.15) is 0 Å². The zero-order valence-electron chi connectivity index (χ0n) is 14.5. The van der Waals surface area contributed by atoms with Crippen LogP contribution in [-0.2, 0) is 4.79 Å². The highest BCUT2D eigenvalue weighted by Crippen LogP contribution is 2.60. The molecular formula is C19H27N3O2. The van der Waals surface area contributed by atoms with Gasteiger partial charge in [0.15, 0.2) is 0 Å². The van der Waals surface area contributed by atoms with E-state index in [9.17, 15) is 4.79 Å². The van der Waals surface area contributed by atoms with Crippen LogP contribution < -0.4 is 0 Å². The van der Waals surface area contributed by atoms with Crippen LogP contribution in [-0.4, -0.2) is 34.1 Å². The monoisotopic (exact) mass is 329 g/mol. The van der Waals surface area contributed by atoms with Gasteiger partial charge in [0.05, 0.1) is 5.41 Å². The molecule has 4 bridgehead atoms. The Labute approximate surface area is 143 Å². The van der Waals surface area contributed by atoms with Crippen molar-refractivity contribution < 1.29 is 9.21 Å². The van der Waals surface area contributed by atoms with Gasteiger partial charge in [-0.2, -0.15) is 0 Å². The van der Waals surface area contributed by atoms with Crippen molar-refractivity contribution >= 4 is 5.91 Å². The number of hydrogen-bond donors (Lipinski definition) is 0. The first-order chi connectivity index (χ1) is 11.6. The lowest BCUT2D eigenvalue weighted by molar-refractivity contribution is -0.158. The molecule has 130 valence electrons. The summed E-state index contributed by atoms with van der Waals surface area (Å²) < 4.78 is 5.59. The first-order valence-corrected chi connectivity index (χ1v) is 9.71. The molecule has 6 rings (SSSR count). The maximum atomic E-state index is 13.4. The number of carbonyl (C=O) groups excluding carboxylic acids is 1. The predicted octanol–water partition coefficient (Wildman–Crippen LogP) is 3.30. The van der Waals surface area contributed by atoms with Gasteiger partial charge >= 0.3 is 0 Å². The first-order valence-electron chi connectivity index (χ1n) is 9.71. The van der Waals surface area contributed by atoms with Gasteiger partial charge in [-0.25, -0.2) is 0 Å². The van der Waals surface area contributed by atoms with Crippen LogP contribution in [0.5, 0.6) is 0 Å². The second-order valence-electron chi connectivity index (χ2n) is 8.92. The Bertz CT molecular complexity index is 610. The van der Waals surface area contributed by atoms with Crippen molar-refractivity contribution in [3.63, 3.8) is 0 Å². The van der Waals surface area contributed by atoms with Crippen molar-refractivity contribution in [3.8, 4) is 0 Å². The minimum atomic E-state index is 0.00264. The van der Waals surface area contributed by atoms with E-state index in [2.05, 4.69) is 15.1 Å². The van der Waals surface area contributed by atoms with Crippen molar-refractivity contribution in [2.24, 2.45) is 23.2 Å². The minimum absolute atomic E-state index is 0.00264. The highest BCUT2D eigenvalue weighted by atomic mass is 16.4. The third kappa shape index (κ3) is 2.31. The van der Waals surface area contributed by atoms with E-state index >= 15 is 0 Å². The molecule has 4 saturated carbocycles. The summed E-state index contributed by atoms with van der Waals surface area (Å²) in [5, 5.41) is 8.12. The third-order valence-corrected chi connectivity index (χ3v) is 7.16.